The Labute approximate surface area is 152 Å². The van der Waals surface area contributed by atoms with Crippen LogP contribution in [0, 0.1) is 13.8 Å². The first-order chi connectivity index (χ1) is 12.0. The van der Waals surface area contributed by atoms with Gasteiger partial charge in [0.25, 0.3) is 5.91 Å². The lowest BCUT2D eigenvalue weighted by Gasteiger charge is -2.23. The molecule has 2 aromatic rings. The van der Waals surface area contributed by atoms with Crippen LogP contribution in [0.3, 0.4) is 0 Å². The van der Waals surface area contributed by atoms with Crippen LogP contribution in [0.1, 0.15) is 69.7 Å². The minimum absolute atomic E-state index is 0.00464. The topological polar surface area (TPSA) is 70.5 Å². The van der Waals surface area contributed by atoms with Crippen LogP contribution in [0.4, 0.5) is 0 Å². The van der Waals surface area contributed by atoms with Gasteiger partial charge in [0.2, 0.25) is 0 Å². The average Bonchev–Trinajstić information content (AvgIpc) is 3.24. The second-order valence-electron chi connectivity index (χ2n) is 5.88. The Morgan fingerprint density at radius 2 is 1.88 bits per heavy atom. The molecule has 5 nitrogen and oxygen atoms in total. The number of likely N-dealkylation sites (tertiary alicyclic amines) is 1. The van der Waals surface area contributed by atoms with Crippen LogP contribution in [0.15, 0.2) is 23.6 Å². The number of amides is 1. The van der Waals surface area contributed by atoms with Gasteiger partial charge in [0, 0.05) is 23.2 Å². The minimum Gasteiger partial charge on any atom is -0.478 e. The number of carbonyl (C=O) groups is 2. The lowest BCUT2D eigenvalue weighted by atomic mass is 10.1. The van der Waals surface area contributed by atoms with Gasteiger partial charge in [-0.2, -0.15) is 0 Å². The van der Waals surface area contributed by atoms with Crippen molar-refractivity contribution in [2.45, 2.75) is 46.6 Å². The highest BCUT2D eigenvalue weighted by molar-refractivity contribution is 7.09. The molecule has 0 radical (unpaired) electrons. The zero-order chi connectivity index (χ0) is 18.6. The van der Waals surface area contributed by atoms with Gasteiger partial charge in [-0.3, -0.25) is 4.79 Å². The van der Waals surface area contributed by atoms with Crippen molar-refractivity contribution in [3.63, 3.8) is 0 Å². The number of carboxylic acids is 1. The molecule has 3 rings (SSSR count). The summed E-state index contributed by atoms with van der Waals surface area (Å²) in [6.07, 6.45) is 1.84. The molecule has 1 atom stereocenters. The summed E-state index contributed by atoms with van der Waals surface area (Å²) in [5.74, 6) is -1.14. The highest BCUT2D eigenvalue weighted by Gasteiger charge is 2.32. The van der Waals surface area contributed by atoms with Gasteiger partial charge in [0.1, 0.15) is 5.01 Å². The number of thiazole rings is 1. The number of benzene rings is 1. The third-order valence-corrected chi connectivity index (χ3v) is 5.07. The summed E-state index contributed by atoms with van der Waals surface area (Å²) in [4.78, 5) is 30.4. The van der Waals surface area contributed by atoms with Crippen LogP contribution in [-0.2, 0) is 0 Å². The van der Waals surface area contributed by atoms with E-state index in [1.54, 1.807) is 30.4 Å². The fraction of sp³-hybridized carbons (Fsp3) is 0.421. The number of nitrogens with zero attached hydrogens (tertiary/aromatic N) is 2. The fourth-order valence-electron chi connectivity index (χ4n) is 2.99. The lowest BCUT2D eigenvalue weighted by molar-refractivity contribution is 0.0696. The third-order valence-electron chi connectivity index (χ3n) is 4.01. The summed E-state index contributed by atoms with van der Waals surface area (Å²) >= 11 is 1.58. The molecule has 2 heterocycles. The SMILES string of the molecule is CC.Cc1cc(C(=O)O)cc(C(=O)N2CCCC2c2nc(C)cs2)c1. The van der Waals surface area contributed by atoms with E-state index in [-0.39, 0.29) is 17.5 Å². The van der Waals surface area contributed by atoms with Crippen LogP contribution in [0.2, 0.25) is 0 Å². The number of aryl methyl sites for hydroxylation is 2. The molecule has 0 saturated carbocycles. The maximum absolute atomic E-state index is 12.9. The summed E-state index contributed by atoms with van der Waals surface area (Å²) in [6.45, 7) is 8.42. The van der Waals surface area contributed by atoms with E-state index >= 15 is 0 Å². The molecule has 25 heavy (non-hydrogen) atoms. The van der Waals surface area contributed by atoms with Crippen molar-refractivity contribution in [2.75, 3.05) is 6.54 Å². The van der Waals surface area contributed by atoms with Crippen LogP contribution in [-0.4, -0.2) is 33.4 Å². The molecule has 0 bridgehead atoms. The maximum atomic E-state index is 12.9. The largest absolute Gasteiger partial charge is 0.478 e. The quantitative estimate of drug-likeness (QED) is 0.877. The van der Waals surface area contributed by atoms with Crippen molar-refractivity contribution < 1.29 is 14.7 Å². The normalized spacial score (nSPS) is 16.3. The number of hydrogen-bond acceptors (Lipinski definition) is 4. The van der Waals surface area contributed by atoms with E-state index in [1.165, 1.54) is 6.07 Å². The average molecular weight is 360 g/mol. The van der Waals surface area contributed by atoms with E-state index in [0.717, 1.165) is 29.1 Å². The minimum atomic E-state index is -1.02. The number of carboxylic acid groups (broad SMARTS) is 1. The first-order valence-corrected chi connectivity index (χ1v) is 9.41. The van der Waals surface area contributed by atoms with Crippen LogP contribution < -0.4 is 0 Å². The van der Waals surface area contributed by atoms with Crippen molar-refractivity contribution in [1.82, 2.24) is 9.88 Å². The summed E-state index contributed by atoms with van der Waals surface area (Å²) in [5.41, 5.74) is 2.32. The van der Waals surface area contributed by atoms with Crippen LogP contribution >= 0.6 is 11.3 Å². The Balaban J connectivity index is 0.00000109. The number of hydrogen-bond donors (Lipinski definition) is 1. The molecule has 1 aliphatic rings. The Morgan fingerprint density at radius 1 is 1.20 bits per heavy atom. The van der Waals surface area contributed by atoms with E-state index in [0.29, 0.717) is 12.1 Å². The standard InChI is InChI=1S/C17H18N2O3S.C2H6/c1-10-6-12(8-13(7-10)17(21)22)16(20)19-5-3-4-14(19)15-18-11(2)9-23-15;1-2/h6-9,14H,3-5H2,1-2H3,(H,21,22);1-2H3. The molecular formula is C19H24N2O3S. The van der Waals surface area contributed by atoms with E-state index in [2.05, 4.69) is 4.98 Å². The summed E-state index contributed by atoms with van der Waals surface area (Å²) in [7, 11) is 0. The van der Waals surface area contributed by atoms with E-state index in [4.69, 9.17) is 0 Å². The molecular weight excluding hydrogens is 336 g/mol. The number of aromatic nitrogens is 1. The molecule has 1 amide bonds. The van der Waals surface area contributed by atoms with E-state index < -0.39 is 5.97 Å². The van der Waals surface area contributed by atoms with Gasteiger partial charge in [-0.05, 0) is 50.5 Å². The molecule has 1 aromatic carbocycles. The molecule has 1 N–H and O–H groups in total. The van der Waals surface area contributed by atoms with Gasteiger partial charge in [-0.25, -0.2) is 9.78 Å². The summed E-state index contributed by atoms with van der Waals surface area (Å²) in [6, 6.07) is 4.78. The Bertz CT molecular complexity index is 770. The van der Waals surface area contributed by atoms with Crippen LogP contribution in [0.5, 0.6) is 0 Å². The zero-order valence-electron chi connectivity index (χ0n) is 15.1. The van der Waals surface area contributed by atoms with Crippen molar-refractivity contribution in [3.8, 4) is 0 Å². The molecule has 1 saturated heterocycles. The third kappa shape index (κ3) is 4.25. The summed E-state index contributed by atoms with van der Waals surface area (Å²) < 4.78 is 0. The Morgan fingerprint density at radius 3 is 2.48 bits per heavy atom. The van der Waals surface area contributed by atoms with Gasteiger partial charge >= 0.3 is 5.97 Å². The highest BCUT2D eigenvalue weighted by Crippen LogP contribution is 2.34. The Kier molecular flexibility index (Phi) is 6.31. The van der Waals surface area contributed by atoms with Crippen molar-refractivity contribution >= 4 is 23.2 Å². The molecule has 6 heteroatoms. The maximum Gasteiger partial charge on any atom is 0.335 e. The van der Waals surface area contributed by atoms with Crippen LogP contribution in [0.25, 0.3) is 0 Å². The highest BCUT2D eigenvalue weighted by atomic mass is 32.1. The fourth-order valence-corrected chi connectivity index (χ4v) is 3.93. The first kappa shape index (κ1) is 19.1. The second-order valence-corrected chi connectivity index (χ2v) is 6.77. The molecule has 134 valence electrons. The van der Waals surface area contributed by atoms with Crippen molar-refractivity contribution in [3.05, 3.63) is 51.0 Å². The number of aromatic carboxylic acids is 1. The van der Waals surface area contributed by atoms with Crippen molar-refractivity contribution in [1.29, 1.82) is 0 Å². The van der Waals surface area contributed by atoms with Gasteiger partial charge in [0.15, 0.2) is 0 Å². The monoisotopic (exact) mass is 360 g/mol. The molecule has 0 spiro atoms. The molecule has 1 fully saturated rings. The Hall–Kier alpha value is -2.21. The molecule has 1 aromatic heterocycles. The van der Waals surface area contributed by atoms with Gasteiger partial charge in [0.05, 0.1) is 11.6 Å². The first-order valence-electron chi connectivity index (χ1n) is 8.53. The predicted octanol–water partition coefficient (Wildman–Crippen LogP) is 4.46. The van der Waals surface area contributed by atoms with Crippen molar-refractivity contribution in [2.24, 2.45) is 0 Å². The van der Waals surface area contributed by atoms with E-state index in [9.17, 15) is 14.7 Å². The van der Waals surface area contributed by atoms with Gasteiger partial charge in [-0.1, -0.05) is 13.8 Å². The molecule has 0 aliphatic carbocycles. The molecule has 1 aliphatic heterocycles. The zero-order valence-corrected chi connectivity index (χ0v) is 15.9. The number of carbonyl (C=O) groups excluding carboxylic acids is 1. The summed E-state index contributed by atoms with van der Waals surface area (Å²) in [5, 5.41) is 12.1. The predicted molar refractivity (Wildman–Crippen MR) is 99.3 cm³/mol. The lowest BCUT2D eigenvalue weighted by Crippen LogP contribution is -2.30. The van der Waals surface area contributed by atoms with Gasteiger partial charge in [-0.15, -0.1) is 11.3 Å². The molecule has 1 unspecified atom stereocenters. The van der Waals surface area contributed by atoms with Gasteiger partial charge < -0.3 is 10.0 Å². The smallest absolute Gasteiger partial charge is 0.335 e. The number of rotatable bonds is 3. The van der Waals surface area contributed by atoms with E-state index in [1.807, 2.05) is 31.1 Å². The second kappa shape index (κ2) is 8.25.